The van der Waals surface area contributed by atoms with E-state index in [1.165, 1.54) is 6.42 Å². The number of piperidine rings is 1. The van der Waals surface area contributed by atoms with E-state index in [-0.39, 0.29) is 36.4 Å². The van der Waals surface area contributed by atoms with Crippen molar-refractivity contribution in [3.63, 3.8) is 0 Å². The lowest BCUT2D eigenvalue weighted by molar-refractivity contribution is -0.130. The van der Waals surface area contributed by atoms with Crippen LogP contribution in [0.3, 0.4) is 0 Å². The van der Waals surface area contributed by atoms with Crippen molar-refractivity contribution >= 4 is 35.8 Å². The van der Waals surface area contributed by atoms with Gasteiger partial charge in [-0.15, -0.1) is 24.0 Å². The first-order valence-electron chi connectivity index (χ1n) is 11.3. The Morgan fingerprint density at radius 1 is 1.26 bits per heavy atom. The Balaban J connectivity index is 0.00000341. The number of likely N-dealkylation sites (tertiary alicyclic amines) is 1. The maximum absolute atomic E-state index is 12.4. The summed E-state index contributed by atoms with van der Waals surface area (Å²) in [6.45, 7) is 9.59. The van der Waals surface area contributed by atoms with Crippen LogP contribution in [-0.4, -0.2) is 62.8 Å². The van der Waals surface area contributed by atoms with Crippen LogP contribution in [0.5, 0.6) is 5.75 Å². The van der Waals surface area contributed by atoms with Crippen molar-refractivity contribution in [1.82, 2.24) is 15.5 Å². The Morgan fingerprint density at radius 3 is 2.77 bits per heavy atom. The van der Waals surface area contributed by atoms with E-state index in [1.54, 1.807) is 0 Å². The molecule has 0 aliphatic carbocycles. The summed E-state index contributed by atoms with van der Waals surface area (Å²) in [5, 5.41) is 6.42. The van der Waals surface area contributed by atoms with Gasteiger partial charge in [0.15, 0.2) is 5.96 Å². The summed E-state index contributed by atoms with van der Waals surface area (Å²) in [6.07, 6.45) is 4.47. The SMILES string of the molecule is CCNC(=NCc1ccc(C)cc1OCC1CCOC1)NCC(=O)N1CCCCC1.I. The number of carbonyl (C=O) groups is 1. The summed E-state index contributed by atoms with van der Waals surface area (Å²) in [5.41, 5.74) is 2.21. The Kier molecular flexibility index (Phi) is 11.4. The summed E-state index contributed by atoms with van der Waals surface area (Å²) in [6, 6.07) is 6.22. The molecule has 1 amide bonds. The molecule has 1 aromatic carbocycles. The summed E-state index contributed by atoms with van der Waals surface area (Å²) in [5.74, 6) is 2.13. The molecule has 0 saturated carbocycles. The zero-order valence-corrected chi connectivity index (χ0v) is 21.2. The number of benzene rings is 1. The first kappa shape index (κ1) is 25.7. The molecule has 0 bridgehead atoms. The second-order valence-electron chi connectivity index (χ2n) is 8.14. The number of carbonyl (C=O) groups excluding carboxylic acids is 1. The Hall–Kier alpha value is -1.55. The number of nitrogens with one attached hydrogen (secondary N) is 2. The zero-order valence-electron chi connectivity index (χ0n) is 18.8. The molecule has 0 radical (unpaired) electrons. The molecule has 2 aliphatic heterocycles. The zero-order chi connectivity index (χ0) is 21.2. The molecule has 2 heterocycles. The van der Waals surface area contributed by atoms with Gasteiger partial charge in [-0.25, -0.2) is 4.99 Å². The number of aryl methyl sites for hydroxylation is 1. The van der Waals surface area contributed by atoms with Crippen molar-refractivity contribution < 1.29 is 14.3 Å². The molecule has 1 aromatic rings. The minimum atomic E-state index is 0. The smallest absolute Gasteiger partial charge is 0.241 e. The van der Waals surface area contributed by atoms with Crippen molar-refractivity contribution in [2.45, 2.75) is 46.1 Å². The van der Waals surface area contributed by atoms with Gasteiger partial charge in [0.2, 0.25) is 5.91 Å². The molecule has 31 heavy (non-hydrogen) atoms. The number of hydrogen-bond donors (Lipinski definition) is 2. The molecule has 2 fully saturated rings. The van der Waals surface area contributed by atoms with E-state index in [1.807, 2.05) is 11.8 Å². The van der Waals surface area contributed by atoms with E-state index in [4.69, 9.17) is 9.47 Å². The molecule has 1 unspecified atom stereocenters. The van der Waals surface area contributed by atoms with E-state index in [9.17, 15) is 4.79 Å². The maximum Gasteiger partial charge on any atom is 0.241 e. The van der Waals surface area contributed by atoms with Crippen LogP contribution in [0, 0.1) is 12.8 Å². The summed E-state index contributed by atoms with van der Waals surface area (Å²) in [7, 11) is 0. The predicted octanol–water partition coefficient (Wildman–Crippen LogP) is 3.10. The lowest BCUT2D eigenvalue weighted by Gasteiger charge is -2.27. The number of amides is 1. The van der Waals surface area contributed by atoms with Crippen LogP contribution in [0.25, 0.3) is 0 Å². The third-order valence-corrected chi connectivity index (χ3v) is 5.59. The number of ether oxygens (including phenoxy) is 2. The van der Waals surface area contributed by atoms with Crippen LogP contribution >= 0.6 is 24.0 Å². The number of rotatable bonds is 8. The van der Waals surface area contributed by atoms with Crippen molar-refractivity contribution in [1.29, 1.82) is 0 Å². The minimum absolute atomic E-state index is 0. The molecule has 2 aliphatic rings. The first-order chi connectivity index (χ1) is 14.7. The highest BCUT2D eigenvalue weighted by Crippen LogP contribution is 2.23. The van der Waals surface area contributed by atoms with Gasteiger partial charge in [0.1, 0.15) is 5.75 Å². The van der Waals surface area contributed by atoms with E-state index in [0.29, 0.717) is 25.0 Å². The van der Waals surface area contributed by atoms with Crippen LogP contribution in [0.4, 0.5) is 0 Å². The summed E-state index contributed by atoms with van der Waals surface area (Å²) < 4.78 is 11.6. The number of guanidine groups is 1. The number of halogens is 1. The first-order valence-corrected chi connectivity index (χ1v) is 11.3. The van der Waals surface area contributed by atoms with Crippen LogP contribution < -0.4 is 15.4 Å². The van der Waals surface area contributed by atoms with Crippen molar-refractivity contribution in [3.8, 4) is 5.75 Å². The lowest BCUT2D eigenvalue weighted by Crippen LogP contribution is -2.46. The van der Waals surface area contributed by atoms with Crippen molar-refractivity contribution in [2.24, 2.45) is 10.9 Å². The predicted molar refractivity (Wildman–Crippen MR) is 134 cm³/mol. The average Bonchev–Trinajstić information content (AvgIpc) is 3.29. The van der Waals surface area contributed by atoms with Gasteiger partial charge in [0, 0.05) is 37.7 Å². The van der Waals surface area contributed by atoms with Gasteiger partial charge in [-0.2, -0.15) is 0 Å². The second-order valence-corrected chi connectivity index (χ2v) is 8.14. The van der Waals surface area contributed by atoms with E-state index in [2.05, 4.69) is 40.7 Å². The Labute approximate surface area is 203 Å². The quantitative estimate of drug-likeness (QED) is 0.299. The van der Waals surface area contributed by atoms with Gasteiger partial charge in [0.25, 0.3) is 0 Å². The Bertz CT molecular complexity index is 717. The number of hydrogen-bond acceptors (Lipinski definition) is 4. The third kappa shape index (κ3) is 8.48. The topological polar surface area (TPSA) is 75.2 Å². The fraction of sp³-hybridized carbons (Fsp3) is 0.652. The van der Waals surface area contributed by atoms with Crippen LogP contribution in [0.15, 0.2) is 23.2 Å². The molecule has 3 rings (SSSR count). The fourth-order valence-electron chi connectivity index (χ4n) is 3.77. The van der Waals surface area contributed by atoms with E-state index in [0.717, 1.165) is 69.0 Å². The Morgan fingerprint density at radius 2 is 2.06 bits per heavy atom. The normalized spacial score (nSPS) is 19.0. The average molecular weight is 544 g/mol. The fourth-order valence-corrected chi connectivity index (χ4v) is 3.77. The molecule has 174 valence electrons. The minimum Gasteiger partial charge on any atom is -0.493 e. The van der Waals surface area contributed by atoms with Crippen molar-refractivity contribution in [2.75, 3.05) is 46.0 Å². The molecule has 1 atom stereocenters. The monoisotopic (exact) mass is 544 g/mol. The molecule has 2 saturated heterocycles. The van der Waals surface area contributed by atoms with Crippen LogP contribution in [0.2, 0.25) is 0 Å². The van der Waals surface area contributed by atoms with E-state index < -0.39 is 0 Å². The second kappa shape index (κ2) is 13.8. The highest BCUT2D eigenvalue weighted by molar-refractivity contribution is 14.0. The highest BCUT2D eigenvalue weighted by Gasteiger charge is 2.18. The highest BCUT2D eigenvalue weighted by atomic mass is 127. The summed E-state index contributed by atoms with van der Waals surface area (Å²) >= 11 is 0. The largest absolute Gasteiger partial charge is 0.493 e. The number of aliphatic imine (C=N–C) groups is 1. The molecule has 2 N–H and O–H groups in total. The third-order valence-electron chi connectivity index (χ3n) is 5.59. The number of nitrogens with zero attached hydrogens (tertiary/aromatic N) is 2. The molecule has 0 spiro atoms. The van der Waals surface area contributed by atoms with Gasteiger partial charge < -0.3 is 25.0 Å². The molecule has 0 aromatic heterocycles. The van der Waals surface area contributed by atoms with Crippen LogP contribution in [-0.2, 0) is 16.1 Å². The van der Waals surface area contributed by atoms with Gasteiger partial charge in [-0.3, -0.25) is 4.79 Å². The van der Waals surface area contributed by atoms with Gasteiger partial charge in [0.05, 0.1) is 26.3 Å². The van der Waals surface area contributed by atoms with Crippen molar-refractivity contribution in [3.05, 3.63) is 29.3 Å². The molecular formula is C23H37IN4O3. The maximum atomic E-state index is 12.4. The molecule has 8 heteroatoms. The summed E-state index contributed by atoms with van der Waals surface area (Å²) in [4.78, 5) is 19.1. The lowest BCUT2D eigenvalue weighted by atomic mass is 10.1. The van der Waals surface area contributed by atoms with E-state index >= 15 is 0 Å². The standard InChI is InChI=1S/C23H36N4O3.HI/c1-3-24-23(26-15-22(28)27-10-5-4-6-11-27)25-14-20-8-7-18(2)13-21(20)30-17-19-9-12-29-16-19;/h7-8,13,19H,3-6,9-12,14-17H2,1-2H3,(H2,24,25,26);1H. The van der Waals surface area contributed by atoms with Crippen LogP contribution in [0.1, 0.15) is 43.7 Å². The van der Waals surface area contributed by atoms with Gasteiger partial charge >= 0.3 is 0 Å². The molecule has 7 nitrogen and oxygen atoms in total. The van der Waals surface area contributed by atoms with Gasteiger partial charge in [-0.1, -0.05) is 12.1 Å². The van der Waals surface area contributed by atoms with Gasteiger partial charge in [-0.05, 0) is 51.2 Å². The molecular weight excluding hydrogens is 507 g/mol.